The molecule has 120 valence electrons. The lowest BCUT2D eigenvalue weighted by Crippen LogP contribution is -2.51. The molecule has 0 N–H and O–H groups in total. The molecule has 0 radical (unpaired) electrons. The second-order valence-corrected chi connectivity index (χ2v) is 6.03. The first-order valence-electron chi connectivity index (χ1n) is 8.04. The molecule has 0 unspecified atom stereocenters. The lowest BCUT2D eigenvalue weighted by atomic mass is 9.84. The van der Waals surface area contributed by atoms with Crippen LogP contribution >= 0.6 is 0 Å². The predicted octanol–water partition coefficient (Wildman–Crippen LogP) is 0.506. The van der Waals surface area contributed by atoms with Crippen molar-refractivity contribution in [1.29, 1.82) is 0 Å². The highest BCUT2D eigenvalue weighted by atomic mass is 16.2. The summed E-state index contributed by atoms with van der Waals surface area (Å²) < 4.78 is 1.58. The fraction of sp³-hybridized carbons (Fsp3) is 0.533. The van der Waals surface area contributed by atoms with Gasteiger partial charge in [-0.3, -0.25) is 4.79 Å². The molecule has 2 aliphatic rings. The number of aromatic nitrogens is 5. The van der Waals surface area contributed by atoms with Gasteiger partial charge in [0.1, 0.15) is 12.7 Å². The van der Waals surface area contributed by atoms with E-state index in [0.717, 1.165) is 44.8 Å². The Morgan fingerprint density at radius 2 is 1.78 bits per heavy atom. The van der Waals surface area contributed by atoms with Crippen LogP contribution in [0.5, 0.6) is 0 Å². The molecule has 1 aliphatic carbocycles. The summed E-state index contributed by atoms with van der Waals surface area (Å²) in [6.45, 7) is 3.13. The Labute approximate surface area is 134 Å². The lowest BCUT2D eigenvalue weighted by Gasteiger charge is -2.38. The van der Waals surface area contributed by atoms with Gasteiger partial charge in [-0.05, 0) is 25.0 Å². The van der Waals surface area contributed by atoms with Gasteiger partial charge in [-0.25, -0.2) is 9.67 Å². The van der Waals surface area contributed by atoms with Gasteiger partial charge in [0.2, 0.25) is 5.91 Å². The minimum absolute atomic E-state index is 0.281. The summed E-state index contributed by atoms with van der Waals surface area (Å²) in [5.74, 6) is 2.10. The molecule has 8 nitrogen and oxygen atoms in total. The van der Waals surface area contributed by atoms with Gasteiger partial charge < -0.3 is 9.80 Å². The van der Waals surface area contributed by atoms with Crippen molar-refractivity contribution in [3.05, 3.63) is 24.8 Å². The Bertz CT molecular complexity index is 658. The van der Waals surface area contributed by atoms with E-state index >= 15 is 0 Å². The number of hydrogen-bond donors (Lipinski definition) is 0. The Hall–Kier alpha value is -2.51. The summed E-state index contributed by atoms with van der Waals surface area (Å²) in [7, 11) is 0. The van der Waals surface area contributed by atoms with Crippen molar-refractivity contribution in [2.45, 2.75) is 19.3 Å². The highest BCUT2D eigenvalue weighted by molar-refractivity contribution is 5.79. The maximum Gasteiger partial charge on any atom is 0.225 e. The van der Waals surface area contributed by atoms with E-state index in [0.29, 0.717) is 11.7 Å². The van der Waals surface area contributed by atoms with Crippen molar-refractivity contribution >= 4 is 11.7 Å². The van der Waals surface area contributed by atoms with Crippen molar-refractivity contribution in [1.82, 2.24) is 29.9 Å². The van der Waals surface area contributed by atoms with Crippen molar-refractivity contribution in [3.8, 4) is 5.82 Å². The molecule has 1 aliphatic heterocycles. The molecule has 2 fully saturated rings. The molecule has 2 aromatic heterocycles. The van der Waals surface area contributed by atoms with Crippen LogP contribution in [0.25, 0.3) is 5.82 Å². The van der Waals surface area contributed by atoms with Crippen LogP contribution in [0.1, 0.15) is 19.3 Å². The molecule has 2 aromatic rings. The Balaban J connectivity index is 1.37. The summed E-state index contributed by atoms with van der Waals surface area (Å²) in [4.78, 5) is 20.3. The van der Waals surface area contributed by atoms with Crippen molar-refractivity contribution in [2.24, 2.45) is 5.92 Å². The molecule has 1 amide bonds. The summed E-state index contributed by atoms with van der Waals surface area (Å²) in [5, 5.41) is 12.5. The molecule has 0 bridgehead atoms. The number of carbonyl (C=O) groups excluding carboxylic acids is 1. The van der Waals surface area contributed by atoms with Crippen LogP contribution in [-0.4, -0.2) is 61.9 Å². The fourth-order valence-electron chi connectivity index (χ4n) is 3.00. The van der Waals surface area contributed by atoms with Gasteiger partial charge in [0.25, 0.3) is 0 Å². The van der Waals surface area contributed by atoms with Crippen molar-refractivity contribution < 1.29 is 4.79 Å². The van der Waals surface area contributed by atoms with Gasteiger partial charge in [-0.15, -0.1) is 10.2 Å². The van der Waals surface area contributed by atoms with E-state index in [1.54, 1.807) is 11.0 Å². The molecular weight excluding hydrogens is 294 g/mol. The molecular formula is C15H19N7O. The monoisotopic (exact) mass is 313 g/mol. The highest BCUT2D eigenvalue weighted by Crippen LogP contribution is 2.28. The van der Waals surface area contributed by atoms with Crippen LogP contribution in [0, 0.1) is 5.92 Å². The SMILES string of the molecule is O=C(C1CCC1)N1CCN(c2ccc(-n3cncn3)nn2)CC1. The number of carbonyl (C=O) groups is 1. The van der Waals surface area contributed by atoms with Gasteiger partial charge in [-0.1, -0.05) is 6.42 Å². The lowest BCUT2D eigenvalue weighted by molar-refractivity contribution is -0.138. The molecule has 1 saturated heterocycles. The number of nitrogens with zero attached hydrogens (tertiary/aromatic N) is 7. The predicted molar refractivity (Wildman–Crippen MR) is 83.1 cm³/mol. The smallest absolute Gasteiger partial charge is 0.225 e. The minimum atomic E-state index is 0.281. The van der Waals surface area contributed by atoms with Crippen molar-refractivity contribution in [2.75, 3.05) is 31.1 Å². The highest BCUT2D eigenvalue weighted by Gasteiger charge is 2.31. The zero-order valence-corrected chi connectivity index (χ0v) is 12.9. The summed E-state index contributed by atoms with van der Waals surface area (Å²) in [6.07, 6.45) is 6.38. The molecule has 23 heavy (non-hydrogen) atoms. The quantitative estimate of drug-likeness (QED) is 0.821. The minimum Gasteiger partial charge on any atom is -0.352 e. The second kappa shape index (κ2) is 5.94. The van der Waals surface area contributed by atoms with Crippen LogP contribution in [0.15, 0.2) is 24.8 Å². The van der Waals surface area contributed by atoms with Crippen molar-refractivity contribution in [3.63, 3.8) is 0 Å². The van der Waals surface area contributed by atoms with E-state index in [1.165, 1.54) is 12.7 Å². The van der Waals surface area contributed by atoms with E-state index in [9.17, 15) is 4.79 Å². The molecule has 1 saturated carbocycles. The van der Waals surface area contributed by atoms with Gasteiger partial charge in [0.05, 0.1) is 0 Å². The maximum absolute atomic E-state index is 12.3. The normalized spacial score (nSPS) is 18.8. The average Bonchev–Trinajstić information content (AvgIpc) is 3.08. The average molecular weight is 313 g/mol. The van der Waals surface area contributed by atoms with Gasteiger partial charge in [-0.2, -0.15) is 5.10 Å². The first-order valence-corrected chi connectivity index (χ1v) is 8.04. The van der Waals surface area contributed by atoms with E-state index in [-0.39, 0.29) is 5.92 Å². The number of hydrogen-bond acceptors (Lipinski definition) is 6. The molecule has 0 atom stereocenters. The number of amides is 1. The summed E-state index contributed by atoms with van der Waals surface area (Å²) in [5.41, 5.74) is 0. The number of anilines is 1. The van der Waals surface area contributed by atoms with E-state index < -0.39 is 0 Å². The molecule has 8 heteroatoms. The Morgan fingerprint density at radius 1 is 1.04 bits per heavy atom. The van der Waals surface area contributed by atoms with Gasteiger partial charge in [0.15, 0.2) is 11.6 Å². The Kier molecular flexibility index (Phi) is 3.64. The van der Waals surface area contributed by atoms with E-state index in [1.807, 2.05) is 17.0 Å². The third kappa shape index (κ3) is 2.76. The maximum atomic E-state index is 12.3. The molecule has 3 heterocycles. The molecule has 0 aromatic carbocycles. The third-order valence-electron chi connectivity index (χ3n) is 4.66. The zero-order chi connectivity index (χ0) is 15.6. The topological polar surface area (TPSA) is 80.0 Å². The van der Waals surface area contributed by atoms with Crippen LogP contribution in [-0.2, 0) is 4.79 Å². The Morgan fingerprint density at radius 3 is 2.35 bits per heavy atom. The van der Waals surface area contributed by atoms with Crippen LogP contribution in [0.4, 0.5) is 5.82 Å². The first-order chi connectivity index (χ1) is 11.3. The van der Waals surface area contributed by atoms with Gasteiger partial charge in [0, 0.05) is 32.1 Å². The summed E-state index contributed by atoms with van der Waals surface area (Å²) in [6, 6.07) is 3.82. The standard InChI is InChI=1S/C15H19N7O/c23-15(12-2-1-3-12)21-8-6-20(7-9-21)13-4-5-14(19-18-13)22-11-16-10-17-22/h4-5,10-12H,1-3,6-9H2. The van der Waals surface area contributed by atoms with E-state index in [4.69, 9.17) is 0 Å². The molecule has 4 rings (SSSR count). The van der Waals surface area contributed by atoms with Crippen LogP contribution in [0.3, 0.4) is 0 Å². The zero-order valence-electron chi connectivity index (χ0n) is 12.9. The number of rotatable bonds is 3. The van der Waals surface area contributed by atoms with E-state index in [2.05, 4.69) is 25.2 Å². The third-order valence-corrected chi connectivity index (χ3v) is 4.66. The largest absolute Gasteiger partial charge is 0.352 e. The van der Waals surface area contributed by atoms with Gasteiger partial charge >= 0.3 is 0 Å². The van der Waals surface area contributed by atoms with Crippen LogP contribution < -0.4 is 4.90 Å². The fourth-order valence-corrected chi connectivity index (χ4v) is 3.00. The molecule has 0 spiro atoms. The van der Waals surface area contributed by atoms with Crippen LogP contribution in [0.2, 0.25) is 0 Å². The summed E-state index contributed by atoms with van der Waals surface area (Å²) >= 11 is 0. The second-order valence-electron chi connectivity index (χ2n) is 6.03. The number of piperazine rings is 1. The first kappa shape index (κ1) is 14.1.